The van der Waals surface area contributed by atoms with Gasteiger partial charge in [-0.3, -0.25) is 4.68 Å². The number of aliphatic hydroxyl groups excluding tert-OH is 1. The van der Waals surface area contributed by atoms with Gasteiger partial charge in [0.05, 0.1) is 10.2 Å². The molecule has 0 aliphatic heterocycles. The fraction of sp³-hybridized carbons (Fsp3) is 0.538. The Bertz CT molecular complexity index is 597. The summed E-state index contributed by atoms with van der Waals surface area (Å²) in [5.74, 6) is 0.698. The van der Waals surface area contributed by atoms with Crippen molar-refractivity contribution in [3.8, 4) is 0 Å². The molecule has 21 heavy (non-hydrogen) atoms. The Kier molecular flexibility index (Phi) is 5.72. The predicted molar refractivity (Wildman–Crippen MR) is 96.0 cm³/mol. The van der Waals surface area contributed by atoms with Gasteiger partial charge in [0.2, 0.25) is 0 Å². The van der Waals surface area contributed by atoms with Crippen molar-refractivity contribution in [1.29, 1.82) is 5.41 Å². The van der Waals surface area contributed by atoms with Gasteiger partial charge in [0.25, 0.3) is 0 Å². The van der Waals surface area contributed by atoms with Gasteiger partial charge in [-0.05, 0) is 64.2 Å². The SMILES string of the molecule is CC(=N)/C(=C(/Br)NCC1CC1)C(O)c1c(I)nn(C)c1Cl. The largest absolute Gasteiger partial charge is 0.383 e. The van der Waals surface area contributed by atoms with Crippen LogP contribution in [0.3, 0.4) is 0 Å². The molecule has 0 bridgehead atoms. The number of hydrogen-bond donors (Lipinski definition) is 3. The first kappa shape index (κ1) is 17.2. The van der Waals surface area contributed by atoms with Crippen LogP contribution in [0.4, 0.5) is 0 Å². The molecule has 1 aromatic heterocycles. The first-order chi connectivity index (χ1) is 9.82. The van der Waals surface area contributed by atoms with Gasteiger partial charge in [0, 0.05) is 24.9 Å². The van der Waals surface area contributed by atoms with E-state index in [0.717, 1.165) is 6.54 Å². The Morgan fingerprint density at radius 1 is 1.67 bits per heavy atom. The summed E-state index contributed by atoms with van der Waals surface area (Å²) in [5, 5.41) is 26.4. The summed E-state index contributed by atoms with van der Waals surface area (Å²) in [6, 6.07) is 0. The third kappa shape index (κ3) is 4.00. The number of aryl methyl sites for hydroxylation is 1. The molecule has 1 atom stereocenters. The summed E-state index contributed by atoms with van der Waals surface area (Å²) in [6.45, 7) is 2.50. The quantitative estimate of drug-likeness (QED) is 0.327. The summed E-state index contributed by atoms with van der Waals surface area (Å²) in [5.41, 5.74) is 1.31. The highest BCUT2D eigenvalue weighted by atomic mass is 127. The molecule has 1 saturated carbocycles. The molecule has 1 aromatic rings. The van der Waals surface area contributed by atoms with Crippen LogP contribution in [0.25, 0.3) is 0 Å². The third-order valence-corrected chi connectivity index (χ3v) is 5.35. The smallest absolute Gasteiger partial charge is 0.133 e. The lowest BCUT2D eigenvalue weighted by atomic mass is 10.0. The molecule has 5 nitrogen and oxygen atoms in total. The molecule has 1 heterocycles. The van der Waals surface area contributed by atoms with Crippen molar-refractivity contribution < 1.29 is 5.11 Å². The van der Waals surface area contributed by atoms with Gasteiger partial charge in [-0.2, -0.15) is 5.10 Å². The van der Waals surface area contributed by atoms with Crippen molar-refractivity contribution in [3.63, 3.8) is 0 Å². The maximum atomic E-state index is 10.7. The van der Waals surface area contributed by atoms with Gasteiger partial charge in [0.15, 0.2) is 0 Å². The van der Waals surface area contributed by atoms with E-state index >= 15 is 0 Å². The zero-order valence-electron chi connectivity index (χ0n) is 11.8. The van der Waals surface area contributed by atoms with E-state index in [1.165, 1.54) is 17.5 Å². The van der Waals surface area contributed by atoms with E-state index < -0.39 is 6.10 Å². The van der Waals surface area contributed by atoms with Crippen molar-refractivity contribution in [2.45, 2.75) is 25.9 Å². The molecule has 1 fully saturated rings. The minimum Gasteiger partial charge on any atom is -0.383 e. The average Bonchev–Trinajstić information content (AvgIpc) is 3.15. The topological polar surface area (TPSA) is 73.9 Å². The van der Waals surface area contributed by atoms with Crippen LogP contribution < -0.4 is 5.32 Å². The zero-order valence-corrected chi connectivity index (χ0v) is 16.3. The lowest BCUT2D eigenvalue weighted by molar-refractivity contribution is 0.220. The summed E-state index contributed by atoms with van der Waals surface area (Å²) in [4.78, 5) is 0. The Labute approximate surface area is 150 Å². The highest BCUT2D eigenvalue weighted by molar-refractivity contribution is 14.1. The fourth-order valence-electron chi connectivity index (χ4n) is 2.00. The average molecular weight is 488 g/mol. The first-order valence-corrected chi connectivity index (χ1v) is 8.82. The number of halogens is 3. The maximum absolute atomic E-state index is 10.7. The van der Waals surface area contributed by atoms with E-state index in [1.54, 1.807) is 14.0 Å². The monoisotopic (exact) mass is 486 g/mol. The van der Waals surface area contributed by atoms with Crippen LogP contribution in [0.2, 0.25) is 5.15 Å². The van der Waals surface area contributed by atoms with E-state index in [1.807, 2.05) is 22.6 Å². The van der Waals surface area contributed by atoms with Crippen LogP contribution in [0.1, 0.15) is 31.4 Å². The van der Waals surface area contributed by atoms with Gasteiger partial charge >= 0.3 is 0 Å². The summed E-state index contributed by atoms with van der Waals surface area (Å²) >= 11 is 11.7. The molecule has 8 heteroatoms. The fourth-order valence-corrected chi connectivity index (χ4v) is 3.94. The highest BCUT2D eigenvalue weighted by Crippen LogP contribution is 2.35. The van der Waals surface area contributed by atoms with Crippen LogP contribution in [0.5, 0.6) is 0 Å². The minimum atomic E-state index is -0.989. The number of rotatable bonds is 6. The zero-order chi connectivity index (χ0) is 15.7. The van der Waals surface area contributed by atoms with E-state index in [9.17, 15) is 5.11 Å². The molecule has 0 aromatic carbocycles. The predicted octanol–water partition coefficient (Wildman–Crippen LogP) is 3.36. The lowest BCUT2D eigenvalue weighted by Crippen LogP contribution is -2.20. The van der Waals surface area contributed by atoms with Crippen LogP contribution >= 0.6 is 50.1 Å². The molecule has 0 spiro atoms. The molecule has 0 saturated heterocycles. The van der Waals surface area contributed by atoms with Crippen molar-refractivity contribution in [2.24, 2.45) is 13.0 Å². The molecule has 116 valence electrons. The molecular weight excluding hydrogens is 470 g/mol. The number of nitrogens with zero attached hydrogens (tertiary/aromatic N) is 2. The Morgan fingerprint density at radius 2 is 2.29 bits per heavy atom. The summed E-state index contributed by atoms with van der Waals surface area (Å²) < 4.78 is 2.79. The van der Waals surface area contributed by atoms with E-state index in [2.05, 4.69) is 26.3 Å². The number of hydrogen-bond acceptors (Lipinski definition) is 4. The molecule has 1 aliphatic carbocycles. The standard InChI is InChI=1S/C13H17BrClIN4O/c1-6(17)8(11(14)18-5-7-3-4-7)10(21)9-12(15)20(2)19-13(9)16/h7,10,17-18,21H,3-5H2,1-2H3/b11-8+,17-6?. The normalized spacial score (nSPS) is 17.4. The van der Waals surface area contributed by atoms with Gasteiger partial charge < -0.3 is 15.8 Å². The molecule has 0 radical (unpaired) electrons. The Balaban J connectivity index is 2.31. The molecular formula is C13H17BrClIN4O. The first-order valence-electron chi connectivity index (χ1n) is 6.58. The van der Waals surface area contributed by atoms with Crippen molar-refractivity contribution in [3.05, 3.63) is 24.6 Å². The van der Waals surface area contributed by atoms with E-state index in [4.69, 9.17) is 17.0 Å². The maximum Gasteiger partial charge on any atom is 0.133 e. The minimum absolute atomic E-state index is 0.286. The Morgan fingerprint density at radius 3 is 2.71 bits per heavy atom. The van der Waals surface area contributed by atoms with Crippen LogP contribution in [-0.2, 0) is 7.05 Å². The molecule has 1 aliphatic rings. The highest BCUT2D eigenvalue weighted by Gasteiger charge is 2.28. The van der Waals surface area contributed by atoms with Crippen LogP contribution in [-0.4, -0.2) is 27.1 Å². The van der Waals surface area contributed by atoms with Crippen molar-refractivity contribution >= 4 is 55.8 Å². The third-order valence-electron chi connectivity index (χ3n) is 3.40. The van der Waals surface area contributed by atoms with Crippen molar-refractivity contribution in [2.75, 3.05) is 6.54 Å². The van der Waals surface area contributed by atoms with Gasteiger partial charge in [-0.1, -0.05) is 11.6 Å². The van der Waals surface area contributed by atoms with Gasteiger partial charge in [-0.15, -0.1) is 0 Å². The summed E-state index contributed by atoms with van der Waals surface area (Å²) in [6.07, 6.45) is 1.49. The number of aliphatic hydroxyl groups is 1. The molecule has 1 unspecified atom stereocenters. The van der Waals surface area contributed by atoms with Crippen LogP contribution in [0.15, 0.2) is 10.2 Å². The summed E-state index contributed by atoms with van der Waals surface area (Å²) in [7, 11) is 1.72. The second-order valence-electron chi connectivity index (χ2n) is 5.20. The van der Waals surface area contributed by atoms with E-state index in [0.29, 0.717) is 30.5 Å². The second-order valence-corrected chi connectivity index (χ2v) is 7.37. The van der Waals surface area contributed by atoms with Gasteiger partial charge in [0.1, 0.15) is 15.0 Å². The molecule has 2 rings (SSSR count). The lowest BCUT2D eigenvalue weighted by Gasteiger charge is -2.17. The van der Waals surface area contributed by atoms with Gasteiger partial charge in [-0.25, -0.2) is 0 Å². The van der Waals surface area contributed by atoms with E-state index in [-0.39, 0.29) is 5.71 Å². The van der Waals surface area contributed by atoms with Crippen LogP contribution in [0, 0.1) is 15.0 Å². The number of nitrogens with one attached hydrogen (secondary N) is 2. The molecule has 0 amide bonds. The Hall–Kier alpha value is -0.120. The molecule has 3 N–H and O–H groups in total. The number of aromatic nitrogens is 2. The second kappa shape index (κ2) is 6.97. The van der Waals surface area contributed by atoms with Crippen molar-refractivity contribution in [1.82, 2.24) is 15.1 Å².